The van der Waals surface area contributed by atoms with Crippen LogP contribution in [-0.4, -0.2) is 4.98 Å². The van der Waals surface area contributed by atoms with Gasteiger partial charge in [-0.15, -0.1) is 0 Å². The van der Waals surface area contributed by atoms with Gasteiger partial charge in [0.05, 0.1) is 5.52 Å². The fourth-order valence-corrected chi connectivity index (χ4v) is 1.93. The monoisotopic (exact) mass is 257 g/mol. The summed E-state index contributed by atoms with van der Waals surface area (Å²) in [6.07, 6.45) is 0. The Hall–Kier alpha value is -1.37. The van der Waals surface area contributed by atoms with Gasteiger partial charge in [0.25, 0.3) is 0 Å². The Bertz CT molecular complexity index is 530. The Morgan fingerprint density at radius 3 is 2.05 bits per heavy atom. The normalized spacial score (nSPS) is 11.4. The van der Waals surface area contributed by atoms with Gasteiger partial charge in [-0.25, -0.2) is 0 Å². The summed E-state index contributed by atoms with van der Waals surface area (Å²) in [5, 5.41) is 1.27. The van der Waals surface area contributed by atoms with Crippen molar-refractivity contribution in [3.8, 4) is 0 Å². The molecule has 0 aliphatic heterocycles. The Balaban J connectivity index is 0.000000399. The fourth-order valence-electron chi connectivity index (χ4n) is 1.93. The van der Waals surface area contributed by atoms with Crippen LogP contribution < -0.4 is 0 Å². The lowest BCUT2D eigenvalue weighted by Crippen LogP contribution is -2.12. The van der Waals surface area contributed by atoms with Gasteiger partial charge in [-0.1, -0.05) is 59.7 Å². The molecule has 0 radical (unpaired) electrons. The van der Waals surface area contributed by atoms with Gasteiger partial charge < -0.3 is 0 Å². The molecule has 0 aliphatic rings. The highest BCUT2D eigenvalue weighted by atomic mass is 14.7. The molecule has 1 heteroatoms. The van der Waals surface area contributed by atoms with E-state index >= 15 is 0 Å². The summed E-state index contributed by atoms with van der Waals surface area (Å²) in [6.45, 7) is 15.3. The summed E-state index contributed by atoms with van der Waals surface area (Å²) >= 11 is 0. The molecule has 0 amide bonds. The van der Waals surface area contributed by atoms with E-state index in [1.54, 1.807) is 0 Å². The summed E-state index contributed by atoms with van der Waals surface area (Å²) in [4.78, 5) is 4.55. The molecule has 0 saturated carbocycles. The number of pyridine rings is 1. The molecule has 104 valence electrons. The number of aromatic nitrogens is 1. The van der Waals surface area contributed by atoms with Gasteiger partial charge in [0.15, 0.2) is 0 Å². The molecule has 2 rings (SSSR count). The minimum Gasteiger partial charge on any atom is -0.253 e. The quantitative estimate of drug-likeness (QED) is 0.607. The molecule has 2 aromatic rings. The van der Waals surface area contributed by atoms with Gasteiger partial charge in [-0.3, -0.25) is 4.98 Å². The van der Waals surface area contributed by atoms with Crippen LogP contribution in [0.15, 0.2) is 30.3 Å². The van der Waals surface area contributed by atoms with Gasteiger partial charge in [-0.05, 0) is 36.0 Å². The first-order valence-electron chi connectivity index (χ1n) is 7.08. The number of fused-ring (bicyclic) bond motifs is 1. The van der Waals surface area contributed by atoms with Crippen molar-refractivity contribution in [3.63, 3.8) is 0 Å². The third-order valence-corrected chi connectivity index (χ3v) is 2.65. The van der Waals surface area contributed by atoms with Crippen molar-refractivity contribution < 1.29 is 0 Å². The average Bonchev–Trinajstić information content (AvgIpc) is 2.25. The predicted octanol–water partition coefficient (Wildman–Crippen LogP) is 5.50. The zero-order valence-electron chi connectivity index (χ0n) is 13.4. The molecule has 1 aromatic carbocycles. The second-order valence-corrected chi connectivity index (χ2v) is 6.81. The molecule has 19 heavy (non-hydrogen) atoms. The SMILES string of the molecule is CC(C)C.Cc1cc(C(C)(C)C)c2ccccc2n1. The molecule has 1 nitrogen and oxygen atoms in total. The first-order valence-corrected chi connectivity index (χ1v) is 7.08. The molecular formula is C18H27N. The molecule has 1 aromatic heterocycles. The van der Waals surface area contributed by atoms with Crippen LogP contribution in [-0.2, 0) is 5.41 Å². The van der Waals surface area contributed by atoms with Crippen molar-refractivity contribution in [2.45, 2.75) is 53.9 Å². The van der Waals surface area contributed by atoms with Crippen molar-refractivity contribution in [3.05, 3.63) is 41.6 Å². The Morgan fingerprint density at radius 1 is 1.00 bits per heavy atom. The number of hydrogen-bond acceptors (Lipinski definition) is 1. The Labute approximate surface area is 118 Å². The maximum atomic E-state index is 4.55. The molecule has 0 bridgehead atoms. The molecule has 0 unspecified atom stereocenters. The number of nitrogens with zero attached hydrogens (tertiary/aromatic N) is 1. The summed E-state index contributed by atoms with van der Waals surface area (Å²) in [6, 6.07) is 10.6. The van der Waals surface area contributed by atoms with Crippen LogP contribution in [0.3, 0.4) is 0 Å². The maximum absolute atomic E-state index is 4.55. The summed E-state index contributed by atoms with van der Waals surface area (Å²) < 4.78 is 0. The lowest BCUT2D eigenvalue weighted by atomic mass is 9.84. The topological polar surface area (TPSA) is 12.9 Å². The zero-order valence-corrected chi connectivity index (χ0v) is 13.4. The van der Waals surface area contributed by atoms with Crippen LogP contribution >= 0.6 is 0 Å². The Kier molecular flexibility index (Phi) is 5.11. The highest BCUT2D eigenvalue weighted by Crippen LogP contribution is 2.29. The van der Waals surface area contributed by atoms with Gasteiger partial charge in [0.1, 0.15) is 0 Å². The molecule has 0 atom stereocenters. The summed E-state index contributed by atoms with van der Waals surface area (Å²) in [5.74, 6) is 0.833. The molecular weight excluding hydrogens is 230 g/mol. The van der Waals surface area contributed by atoms with Crippen LogP contribution in [0.25, 0.3) is 10.9 Å². The van der Waals surface area contributed by atoms with Crippen LogP contribution in [0.2, 0.25) is 0 Å². The lowest BCUT2D eigenvalue weighted by molar-refractivity contribution is 0.594. The third kappa shape index (κ3) is 4.66. The van der Waals surface area contributed by atoms with Crippen molar-refractivity contribution in [2.24, 2.45) is 5.92 Å². The van der Waals surface area contributed by atoms with E-state index in [0.29, 0.717) is 0 Å². The second kappa shape index (κ2) is 6.18. The maximum Gasteiger partial charge on any atom is 0.0708 e. The van der Waals surface area contributed by atoms with Crippen LogP contribution in [0.5, 0.6) is 0 Å². The van der Waals surface area contributed by atoms with E-state index in [2.05, 4.69) is 77.7 Å². The molecule has 0 fully saturated rings. The first-order chi connectivity index (χ1) is 8.71. The zero-order chi connectivity index (χ0) is 14.6. The van der Waals surface area contributed by atoms with E-state index in [9.17, 15) is 0 Å². The van der Waals surface area contributed by atoms with E-state index in [0.717, 1.165) is 17.1 Å². The smallest absolute Gasteiger partial charge is 0.0708 e. The number of aryl methyl sites for hydroxylation is 1. The van der Waals surface area contributed by atoms with Crippen molar-refractivity contribution in [1.29, 1.82) is 0 Å². The van der Waals surface area contributed by atoms with Gasteiger partial charge in [-0.2, -0.15) is 0 Å². The highest BCUT2D eigenvalue weighted by molar-refractivity contribution is 5.83. The summed E-state index contributed by atoms with van der Waals surface area (Å²) in [5.41, 5.74) is 3.75. The minimum atomic E-state index is 0.174. The highest BCUT2D eigenvalue weighted by Gasteiger charge is 2.17. The van der Waals surface area contributed by atoms with Crippen LogP contribution in [0.4, 0.5) is 0 Å². The van der Waals surface area contributed by atoms with E-state index in [1.165, 1.54) is 10.9 Å². The van der Waals surface area contributed by atoms with Crippen molar-refractivity contribution in [2.75, 3.05) is 0 Å². The van der Waals surface area contributed by atoms with Crippen LogP contribution in [0.1, 0.15) is 52.8 Å². The average molecular weight is 257 g/mol. The number of rotatable bonds is 0. The summed E-state index contributed by atoms with van der Waals surface area (Å²) in [7, 11) is 0. The van der Waals surface area contributed by atoms with E-state index in [4.69, 9.17) is 0 Å². The molecule has 0 N–H and O–H groups in total. The standard InChI is InChI=1S/C14H17N.C4H10/c1-10-9-12(14(2,3)4)11-7-5-6-8-13(11)15-10;1-4(2)3/h5-9H,1-4H3;4H,1-3H3. The van der Waals surface area contributed by atoms with Crippen molar-refractivity contribution in [1.82, 2.24) is 4.98 Å². The Morgan fingerprint density at radius 2 is 1.53 bits per heavy atom. The molecule has 0 spiro atoms. The predicted molar refractivity (Wildman–Crippen MR) is 85.7 cm³/mol. The molecule has 0 saturated heterocycles. The van der Waals surface area contributed by atoms with Crippen LogP contribution in [0, 0.1) is 12.8 Å². The minimum absolute atomic E-state index is 0.174. The third-order valence-electron chi connectivity index (χ3n) is 2.65. The van der Waals surface area contributed by atoms with Crippen molar-refractivity contribution >= 4 is 10.9 Å². The van der Waals surface area contributed by atoms with E-state index in [1.807, 2.05) is 6.07 Å². The van der Waals surface area contributed by atoms with Gasteiger partial charge in [0.2, 0.25) is 0 Å². The second-order valence-electron chi connectivity index (χ2n) is 6.81. The number of benzene rings is 1. The lowest BCUT2D eigenvalue weighted by Gasteiger charge is -2.21. The van der Waals surface area contributed by atoms with E-state index in [-0.39, 0.29) is 5.41 Å². The molecule has 1 heterocycles. The molecule has 0 aliphatic carbocycles. The van der Waals surface area contributed by atoms with E-state index < -0.39 is 0 Å². The fraction of sp³-hybridized carbons (Fsp3) is 0.500. The van der Waals surface area contributed by atoms with Gasteiger partial charge >= 0.3 is 0 Å². The largest absolute Gasteiger partial charge is 0.253 e. The number of para-hydroxylation sites is 1. The first kappa shape index (κ1) is 15.7. The number of hydrogen-bond donors (Lipinski definition) is 0. The van der Waals surface area contributed by atoms with Gasteiger partial charge in [0, 0.05) is 11.1 Å².